The molecule has 0 bridgehead atoms. The number of nitro groups is 1. The zero-order valence-electron chi connectivity index (χ0n) is 11.8. The molecule has 0 heterocycles. The van der Waals surface area contributed by atoms with Gasteiger partial charge in [0.05, 0.1) is 18.1 Å². The van der Waals surface area contributed by atoms with Crippen molar-refractivity contribution >= 4 is 11.6 Å². The minimum atomic E-state index is -0.482. The van der Waals surface area contributed by atoms with Gasteiger partial charge in [0.2, 0.25) is 5.91 Å². The maximum atomic E-state index is 10.9. The van der Waals surface area contributed by atoms with Gasteiger partial charge in [-0.2, -0.15) is 0 Å². The quantitative estimate of drug-likeness (QED) is 0.579. The SMILES string of the molecule is COc1cc(CNC(C)(C)CC(N)=O)cc([N+](=O)[O-])c1. The Morgan fingerprint density at radius 2 is 2.10 bits per heavy atom. The van der Waals surface area contributed by atoms with E-state index in [9.17, 15) is 14.9 Å². The first kappa shape index (κ1) is 15.9. The Morgan fingerprint density at radius 1 is 1.45 bits per heavy atom. The molecule has 0 aliphatic rings. The van der Waals surface area contributed by atoms with E-state index in [1.807, 2.05) is 13.8 Å². The van der Waals surface area contributed by atoms with E-state index < -0.39 is 16.4 Å². The summed E-state index contributed by atoms with van der Waals surface area (Å²) in [4.78, 5) is 21.3. The number of ether oxygens (including phenoxy) is 1. The Hall–Kier alpha value is -2.15. The zero-order chi connectivity index (χ0) is 15.3. The van der Waals surface area contributed by atoms with Crippen LogP contribution in [0.25, 0.3) is 0 Å². The Bertz CT molecular complexity index is 514. The van der Waals surface area contributed by atoms with Crippen LogP contribution in [-0.2, 0) is 11.3 Å². The first-order valence-electron chi connectivity index (χ1n) is 6.09. The molecule has 0 atom stereocenters. The number of benzene rings is 1. The van der Waals surface area contributed by atoms with E-state index in [-0.39, 0.29) is 12.1 Å². The lowest BCUT2D eigenvalue weighted by Gasteiger charge is -2.25. The molecule has 1 aromatic rings. The molecule has 0 spiro atoms. The van der Waals surface area contributed by atoms with Crippen LogP contribution >= 0.6 is 0 Å². The summed E-state index contributed by atoms with van der Waals surface area (Å²) in [6.45, 7) is 4.05. The number of non-ortho nitro benzene ring substituents is 1. The number of carbonyl (C=O) groups is 1. The number of nitrogens with zero attached hydrogens (tertiary/aromatic N) is 1. The number of carbonyl (C=O) groups excluding carboxylic acids is 1. The topological polar surface area (TPSA) is 107 Å². The van der Waals surface area contributed by atoms with Crippen LogP contribution in [-0.4, -0.2) is 23.5 Å². The van der Waals surface area contributed by atoms with Gasteiger partial charge in [-0.25, -0.2) is 0 Å². The average molecular weight is 281 g/mol. The third-order valence-electron chi connectivity index (χ3n) is 2.78. The summed E-state index contributed by atoms with van der Waals surface area (Å²) in [5.41, 5.74) is 5.36. The highest BCUT2D eigenvalue weighted by atomic mass is 16.6. The van der Waals surface area contributed by atoms with Crippen molar-refractivity contribution in [1.82, 2.24) is 5.32 Å². The minimum absolute atomic E-state index is 0.0335. The molecular formula is C13H19N3O4. The van der Waals surface area contributed by atoms with Crippen LogP contribution in [0.4, 0.5) is 5.69 Å². The van der Waals surface area contributed by atoms with Gasteiger partial charge in [-0.1, -0.05) is 0 Å². The first-order valence-corrected chi connectivity index (χ1v) is 6.09. The lowest BCUT2D eigenvalue weighted by Crippen LogP contribution is -2.42. The van der Waals surface area contributed by atoms with Gasteiger partial charge in [-0.15, -0.1) is 0 Å². The Balaban J connectivity index is 2.84. The molecule has 3 N–H and O–H groups in total. The molecule has 0 radical (unpaired) electrons. The van der Waals surface area contributed by atoms with E-state index in [0.717, 1.165) is 0 Å². The van der Waals surface area contributed by atoms with Crippen LogP contribution < -0.4 is 15.8 Å². The summed E-state index contributed by atoms with van der Waals surface area (Å²) in [5, 5.41) is 14.0. The van der Waals surface area contributed by atoms with E-state index in [0.29, 0.717) is 17.9 Å². The predicted octanol–water partition coefficient (Wildman–Crippen LogP) is 1.35. The number of nitrogens with two attached hydrogens (primary N) is 1. The van der Waals surface area contributed by atoms with Gasteiger partial charge in [0, 0.05) is 24.6 Å². The molecule has 110 valence electrons. The largest absolute Gasteiger partial charge is 0.496 e. The monoisotopic (exact) mass is 281 g/mol. The Kier molecular flexibility index (Phi) is 5.04. The summed E-state index contributed by atoms with van der Waals surface area (Å²) < 4.78 is 5.04. The van der Waals surface area contributed by atoms with E-state index in [2.05, 4.69) is 5.32 Å². The smallest absolute Gasteiger partial charge is 0.273 e. The van der Waals surface area contributed by atoms with Gasteiger partial charge in [-0.05, 0) is 25.5 Å². The molecule has 0 saturated heterocycles. The average Bonchev–Trinajstić information content (AvgIpc) is 2.34. The van der Waals surface area contributed by atoms with Crippen molar-refractivity contribution in [3.8, 4) is 5.75 Å². The van der Waals surface area contributed by atoms with Gasteiger partial charge in [0.15, 0.2) is 0 Å². The van der Waals surface area contributed by atoms with Crippen molar-refractivity contribution in [3.63, 3.8) is 0 Å². The maximum Gasteiger partial charge on any atom is 0.273 e. The van der Waals surface area contributed by atoms with Crippen LogP contribution in [0.5, 0.6) is 5.75 Å². The molecule has 7 heteroatoms. The first-order chi connectivity index (χ1) is 9.23. The van der Waals surface area contributed by atoms with Crippen LogP contribution in [0.15, 0.2) is 18.2 Å². The second-order valence-electron chi connectivity index (χ2n) is 5.18. The maximum absolute atomic E-state index is 10.9. The van der Waals surface area contributed by atoms with Crippen molar-refractivity contribution in [2.45, 2.75) is 32.4 Å². The van der Waals surface area contributed by atoms with Crippen LogP contribution in [0.1, 0.15) is 25.8 Å². The second kappa shape index (κ2) is 6.33. The summed E-state index contributed by atoms with van der Waals surface area (Å²) >= 11 is 0. The molecule has 20 heavy (non-hydrogen) atoms. The molecule has 0 aromatic heterocycles. The Labute approximate surface area is 117 Å². The summed E-state index contributed by atoms with van der Waals surface area (Å²) in [6, 6.07) is 4.54. The van der Waals surface area contributed by atoms with Gasteiger partial charge < -0.3 is 15.8 Å². The fraction of sp³-hybridized carbons (Fsp3) is 0.462. The Morgan fingerprint density at radius 3 is 2.60 bits per heavy atom. The van der Waals surface area contributed by atoms with Gasteiger partial charge in [0.25, 0.3) is 5.69 Å². The summed E-state index contributed by atoms with van der Waals surface area (Å²) in [5.74, 6) is 0.0165. The summed E-state index contributed by atoms with van der Waals surface area (Å²) in [6.07, 6.45) is 0.180. The lowest BCUT2D eigenvalue weighted by molar-refractivity contribution is -0.385. The van der Waals surface area contributed by atoms with E-state index in [4.69, 9.17) is 10.5 Å². The second-order valence-corrected chi connectivity index (χ2v) is 5.18. The minimum Gasteiger partial charge on any atom is -0.496 e. The van der Waals surface area contributed by atoms with Gasteiger partial charge in [-0.3, -0.25) is 14.9 Å². The molecule has 0 saturated carbocycles. The fourth-order valence-corrected chi connectivity index (χ4v) is 1.81. The predicted molar refractivity (Wildman–Crippen MR) is 74.4 cm³/mol. The number of primary amides is 1. The summed E-state index contributed by atoms with van der Waals surface area (Å²) in [7, 11) is 1.45. The number of rotatable bonds is 7. The standard InChI is InChI=1S/C13H19N3O4/c1-13(2,7-12(14)17)15-8-9-4-10(16(18)19)6-11(5-9)20-3/h4-6,15H,7-8H2,1-3H3,(H2,14,17). The molecule has 0 unspecified atom stereocenters. The molecule has 1 amide bonds. The number of nitrogens with one attached hydrogen (secondary N) is 1. The molecule has 1 aromatic carbocycles. The highest BCUT2D eigenvalue weighted by molar-refractivity contribution is 5.75. The third-order valence-corrected chi connectivity index (χ3v) is 2.78. The normalized spacial score (nSPS) is 11.2. The molecule has 0 aliphatic carbocycles. The van der Waals surface area contributed by atoms with Crippen LogP contribution in [0.3, 0.4) is 0 Å². The zero-order valence-corrected chi connectivity index (χ0v) is 11.8. The van der Waals surface area contributed by atoms with Crippen molar-refractivity contribution in [1.29, 1.82) is 0 Å². The highest BCUT2D eigenvalue weighted by Gasteiger charge is 2.20. The van der Waals surface area contributed by atoms with Crippen molar-refractivity contribution in [2.75, 3.05) is 7.11 Å². The van der Waals surface area contributed by atoms with Crippen LogP contribution in [0, 0.1) is 10.1 Å². The van der Waals surface area contributed by atoms with Crippen molar-refractivity contribution in [3.05, 3.63) is 33.9 Å². The van der Waals surface area contributed by atoms with Crippen molar-refractivity contribution < 1.29 is 14.5 Å². The molecule has 0 aliphatic heterocycles. The van der Waals surface area contributed by atoms with Crippen LogP contribution in [0.2, 0.25) is 0 Å². The molecular weight excluding hydrogens is 262 g/mol. The number of hydrogen-bond donors (Lipinski definition) is 2. The van der Waals surface area contributed by atoms with Gasteiger partial charge >= 0.3 is 0 Å². The number of amides is 1. The fourth-order valence-electron chi connectivity index (χ4n) is 1.81. The number of methoxy groups -OCH3 is 1. The molecule has 1 rings (SSSR count). The number of hydrogen-bond acceptors (Lipinski definition) is 5. The number of nitro benzene ring substituents is 1. The van der Waals surface area contributed by atoms with Crippen molar-refractivity contribution in [2.24, 2.45) is 5.73 Å². The molecule has 0 fully saturated rings. The van der Waals surface area contributed by atoms with E-state index >= 15 is 0 Å². The van der Waals surface area contributed by atoms with E-state index in [1.54, 1.807) is 6.07 Å². The highest BCUT2D eigenvalue weighted by Crippen LogP contribution is 2.23. The third kappa shape index (κ3) is 4.85. The van der Waals surface area contributed by atoms with Gasteiger partial charge in [0.1, 0.15) is 5.75 Å². The van der Waals surface area contributed by atoms with E-state index in [1.165, 1.54) is 19.2 Å². The molecule has 7 nitrogen and oxygen atoms in total. The lowest BCUT2D eigenvalue weighted by atomic mass is 10.00.